The molecule has 1 aromatic carbocycles. The van der Waals surface area contributed by atoms with Crippen LogP contribution in [0.4, 0.5) is 5.69 Å². The summed E-state index contributed by atoms with van der Waals surface area (Å²) in [6.07, 6.45) is 0.448. The van der Waals surface area contributed by atoms with E-state index in [9.17, 15) is 8.42 Å². The summed E-state index contributed by atoms with van der Waals surface area (Å²) in [5.41, 5.74) is 12.6. The number of sulfone groups is 1. The van der Waals surface area contributed by atoms with Gasteiger partial charge in [-0.3, -0.25) is 0 Å². The van der Waals surface area contributed by atoms with E-state index < -0.39 is 9.84 Å². The van der Waals surface area contributed by atoms with Crippen molar-refractivity contribution < 1.29 is 8.42 Å². The van der Waals surface area contributed by atoms with Crippen molar-refractivity contribution >= 4 is 15.5 Å². The summed E-state index contributed by atoms with van der Waals surface area (Å²) in [6, 6.07) is 4.64. The molecule has 76 valence electrons. The Kier molecular flexibility index (Phi) is 2.01. The second-order valence-electron chi connectivity index (χ2n) is 3.47. The van der Waals surface area contributed by atoms with Crippen LogP contribution < -0.4 is 11.5 Å². The third kappa shape index (κ3) is 1.29. The molecule has 0 spiro atoms. The first-order valence-corrected chi connectivity index (χ1v) is 6.04. The lowest BCUT2D eigenvalue weighted by Crippen LogP contribution is -2.26. The van der Waals surface area contributed by atoms with E-state index >= 15 is 0 Å². The fourth-order valence-electron chi connectivity index (χ4n) is 1.77. The molecule has 4 N–H and O–H groups in total. The van der Waals surface area contributed by atoms with Gasteiger partial charge in [-0.25, -0.2) is 8.42 Å². The number of anilines is 1. The Morgan fingerprint density at radius 1 is 1.36 bits per heavy atom. The smallest absolute Gasteiger partial charge is 0.178 e. The zero-order valence-corrected chi connectivity index (χ0v) is 8.42. The third-order valence-corrected chi connectivity index (χ3v) is 4.30. The Morgan fingerprint density at radius 3 is 2.71 bits per heavy atom. The van der Waals surface area contributed by atoms with Crippen molar-refractivity contribution in [2.45, 2.75) is 17.4 Å². The summed E-state index contributed by atoms with van der Waals surface area (Å²) in [6.45, 7) is 0. The van der Waals surface area contributed by atoms with E-state index in [0.29, 0.717) is 22.6 Å². The van der Waals surface area contributed by atoms with Crippen molar-refractivity contribution in [1.82, 2.24) is 0 Å². The molecule has 0 saturated carbocycles. The van der Waals surface area contributed by atoms with Gasteiger partial charge in [0.2, 0.25) is 0 Å². The van der Waals surface area contributed by atoms with Gasteiger partial charge < -0.3 is 11.5 Å². The third-order valence-electron chi connectivity index (χ3n) is 2.50. The summed E-state index contributed by atoms with van der Waals surface area (Å²) in [4.78, 5) is 0.302. The molecule has 1 aromatic rings. The topological polar surface area (TPSA) is 86.2 Å². The summed E-state index contributed by atoms with van der Waals surface area (Å²) < 4.78 is 23.3. The van der Waals surface area contributed by atoms with Gasteiger partial charge in [0.1, 0.15) is 0 Å². The molecule has 1 atom stereocenters. The highest BCUT2D eigenvalue weighted by atomic mass is 32.2. The minimum atomic E-state index is -3.16. The Bertz CT molecular complexity index is 468. The Morgan fingerprint density at radius 2 is 2.07 bits per heavy atom. The highest BCUT2D eigenvalue weighted by Gasteiger charge is 2.29. The van der Waals surface area contributed by atoms with Crippen molar-refractivity contribution in [1.29, 1.82) is 0 Å². The molecule has 14 heavy (non-hydrogen) atoms. The van der Waals surface area contributed by atoms with E-state index in [-0.39, 0.29) is 11.8 Å². The number of benzene rings is 1. The van der Waals surface area contributed by atoms with Gasteiger partial charge in [-0.2, -0.15) is 0 Å². The maximum atomic E-state index is 11.7. The van der Waals surface area contributed by atoms with Crippen LogP contribution in [0.2, 0.25) is 0 Å². The van der Waals surface area contributed by atoms with Crippen molar-refractivity contribution in [3.63, 3.8) is 0 Å². The van der Waals surface area contributed by atoms with Crippen LogP contribution >= 0.6 is 0 Å². The zero-order chi connectivity index (χ0) is 10.3. The SMILES string of the molecule is Nc1cccc2c1[C@@H](N)CCS2(=O)=O. The van der Waals surface area contributed by atoms with Crippen molar-refractivity contribution in [3.8, 4) is 0 Å². The molecule has 1 heterocycles. The summed E-state index contributed by atoms with van der Waals surface area (Å²) >= 11 is 0. The molecular formula is C9H12N2O2S. The Balaban J connectivity index is 2.75. The van der Waals surface area contributed by atoms with Gasteiger partial charge in [-0.05, 0) is 18.6 Å². The van der Waals surface area contributed by atoms with E-state index in [2.05, 4.69) is 0 Å². The number of nitrogen functional groups attached to an aromatic ring is 1. The van der Waals surface area contributed by atoms with Crippen LogP contribution in [0.25, 0.3) is 0 Å². The molecule has 0 fully saturated rings. The minimum absolute atomic E-state index is 0.116. The summed E-state index contributed by atoms with van der Waals surface area (Å²) in [7, 11) is -3.16. The minimum Gasteiger partial charge on any atom is -0.398 e. The molecule has 0 saturated heterocycles. The molecule has 1 aliphatic heterocycles. The molecule has 4 nitrogen and oxygen atoms in total. The standard InChI is InChI=1S/C9H12N2O2S/c10-6-2-1-3-8-9(6)7(11)4-5-14(8,12)13/h1-3,7H,4-5,10-11H2/t7-/m0/s1. The van der Waals surface area contributed by atoms with E-state index in [0.717, 1.165) is 0 Å². The summed E-state index contributed by atoms with van der Waals surface area (Å²) in [5, 5.41) is 0. The lowest BCUT2D eigenvalue weighted by Gasteiger charge is -2.23. The first-order chi connectivity index (χ1) is 6.52. The Hall–Kier alpha value is -1.07. The number of nitrogens with two attached hydrogens (primary N) is 2. The molecular weight excluding hydrogens is 200 g/mol. The van der Waals surface area contributed by atoms with E-state index in [1.165, 1.54) is 0 Å². The Labute approximate surface area is 82.8 Å². The van der Waals surface area contributed by atoms with Gasteiger partial charge in [0.25, 0.3) is 0 Å². The number of rotatable bonds is 0. The second kappa shape index (κ2) is 2.96. The molecule has 0 radical (unpaired) electrons. The first-order valence-electron chi connectivity index (χ1n) is 4.39. The second-order valence-corrected chi connectivity index (χ2v) is 5.55. The van der Waals surface area contributed by atoms with Crippen LogP contribution in [0.3, 0.4) is 0 Å². The van der Waals surface area contributed by atoms with Gasteiger partial charge in [0.05, 0.1) is 10.6 Å². The van der Waals surface area contributed by atoms with Crippen molar-refractivity contribution in [2.75, 3.05) is 11.5 Å². The van der Waals surface area contributed by atoms with Gasteiger partial charge in [-0.1, -0.05) is 6.07 Å². The van der Waals surface area contributed by atoms with Gasteiger partial charge >= 0.3 is 0 Å². The van der Waals surface area contributed by atoms with Gasteiger partial charge in [0.15, 0.2) is 9.84 Å². The van der Waals surface area contributed by atoms with E-state index in [1.807, 2.05) is 0 Å². The maximum Gasteiger partial charge on any atom is 0.178 e. The lowest BCUT2D eigenvalue weighted by molar-refractivity contribution is 0.569. The van der Waals surface area contributed by atoms with Gasteiger partial charge in [-0.15, -0.1) is 0 Å². The van der Waals surface area contributed by atoms with Crippen molar-refractivity contribution in [2.24, 2.45) is 5.73 Å². The molecule has 0 bridgehead atoms. The average molecular weight is 212 g/mol. The predicted molar refractivity (Wildman–Crippen MR) is 54.5 cm³/mol. The van der Waals surface area contributed by atoms with Crippen LogP contribution in [0, 0.1) is 0 Å². The molecule has 0 amide bonds. The van der Waals surface area contributed by atoms with Gasteiger partial charge in [0, 0.05) is 17.3 Å². The van der Waals surface area contributed by atoms with E-state index in [4.69, 9.17) is 11.5 Å². The molecule has 2 rings (SSSR count). The normalized spacial score (nSPS) is 24.2. The first kappa shape index (κ1) is 9.48. The largest absolute Gasteiger partial charge is 0.398 e. The zero-order valence-electron chi connectivity index (χ0n) is 7.60. The van der Waals surface area contributed by atoms with Crippen LogP contribution in [0.5, 0.6) is 0 Å². The fourth-order valence-corrected chi connectivity index (χ4v) is 3.44. The fraction of sp³-hybridized carbons (Fsp3) is 0.333. The molecule has 0 aromatic heterocycles. The molecule has 0 unspecified atom stereocenters. The van der Waals surface area contributed by atoms with Crippen LogP contribution in [0.1, 0.15) is 18.0 Å². The van der Waals surface area contributed by atoms with E-state index in [1.54, 1.807) is 18.2 Å². The van der Waals surface area contributed by atoms with Crippen LogP contribution in [0.15, 0.2) is 23.1 Å². The highest BCUT2D eigenvalue weighted by Crippen LogP contribution is 2.34. The maximum absolute atomic E-state index is 11.7. The molecule has 1 aliphatic rings. The van der Waals surface area contributed by atoms with Crippen LogP contribution in [-0.2, 0) is 9.84 Å². The number of hydrogen-bond donors (Lipinski definition) is 2. The predicted octanol–water partition coefficient (Wildman–Crippen LogP) is 0.446. The average Bonchev–Trinajstić information content (AvgIpc) is 2.12. The summed E-state index contributed by atoms with van der Waals surface area (Å²) in [5.74, 6) is 0.116. The molecule has 0 aliphatic carbocycles. The van der Waals surface area contributed by atoms with Crippen molar-refractivity contribution in [3.05, 3.63) is 23.8 Å². The van der Waals surface area contributed by atoms with Crippen LogP contribution in [-0.4, -0.2) is 14.2 Å². The molecule has 5 heteroatoms. The number of fused-ring (bicyclic) bond motifs is 1. The quantitative estimate of drug-likeness (QED) is 0.611. The number of hydrogen-bond acceptors (Lipinski definition) is 4. The monoisotopic (exact) mass is 212 g/mol. The lowest BCUT2D eigenvalue weighted by atomic mass is 10.0. The highest BCUT2D eigenvalue weighted by molar-refractivity contribution is 7.91.